The van der Waals surface area contributed by atoms with E-state index in [9.17, 15) is 8.78 Å². The predicted octanol–water partition coefficient (Wildman–Crippen LogP) is 2.56. The van der Waals surface area contributed by atoms with Gasteiger partial charge in [-0.2, -0.15) is 8.78 Å². The van der Waals surface area contributed by atoms with Gasteiger partial charge in [0.1, 0.15) is 5.75 Å². The minimum atomic E-state index is -2.78. The molecule has 0 radical (unpaired) electrons. The molecule has 0 aromatic heterocycles. The van der Waals surface area contributed by atoms with Gasteiger partial charge in [-0.05, 0) is 30.5 Å². The van der Waals surface area contributed by atoms with Crippen molar-refractivity contribution < 1.29 is 18.3 Å². The zero-order valence-corrected chi connectivity index (χ0v) is 10.1. The normalized spacial score (nSPS) is 19.4. The summed E-state index contributed by atoms with van der Waals surface area (Å²) in [7, 11) is 0. The summed E-state index contributed by atoms with van der Waals surface area (Å²) in [4.78, 5) is 0. The molecule has 1 unspecified atom stereocenters. The lowest BCUT2D eigenvalue weighted by Crippen LogP contribution is -2.25. The summed E-state index contributed by atoms with van der Waals surface area (Å²) in [5, 5.41) is 3.26. The number of hydrogen-bond donors (Lipinski definition) is 1. The van der Waals surface area contributed by atoms with Gasteiger partial charge >= 0.3 is 6.61 Å². The van der Waals surface area contributed by atoms with Crippen LogP contribution < -0.4 is 10.1 Å². The van der Waals surface area contributed by atoms with Crippen molar-refractivity contribution in [2.75, 3.05) is 13.2 Å². The largest absolute Gasteiger partial charge is 0.435 e. The van der Waals surface area contributed by atoms with Crippen LogP contribution >= 0.6 is 0 Å². The molecule has 1 saturated heterocycles. The van der Waals surface area contributed by atoms with E-state index < -0.39 is 6.61 Å². The van der Waals surface area contributed by atoms with Gasteiger partial charge in [0, 0.05) is 19.7 Å². The molecule has 1 aromatic carbocycles. The molecule has 0 amide bonds. The number of rotatable bonds is 6. The topological polar surface area (TPSA) is 30.5 Å². The van der Waals surface area contributed by atoms with Crippen LogP contribution in [0.4, 0.5) is 8.78 Å². The summed E-state index contributed by atoms with van der Waals surface area (Å²) in [5.41, 5.74) is 0.922. The molecule has 0 aliphatic carbocycles. The molecular formula is C13H17F2NO2. The first-order valence-electron chi connectivity index (χ1n) is 6.10. The number of hydrogen-bond acceptors (Lipinski definition) is 3. The summed E-state index contributed by atoms with van der Waals surface area (Å²) in [6.45, 7) is -0.523. The third kappa shape index (κ3) is 4.23. The van der Waals surface area contributed by atoms with Crippen LogP contribution in [0, 0.1) is 0 Å². The van der Waals surface area contributed by atoms with Crippen molar-refractivity contribution >= 4 is 0 Å². The van der Waals surface area contributed by atoms with Gasteiger partial charge in [0.05, 0.1) is 6.10 Å². The van der Waals surface area contributed by atoms with Crippen LogP contribution in [0.2, 0.25) is 0 Å². The van der Waals surface area contributed by atoms with E-state index in [0.29, 0.717) is 6.54 Å². The maximum absolute atomic E-state index is 12.1. The third-order valence-corrected chi connectivity index (χ3v) is 2.85. The van der Waals surface area contributed by atoms with Crippen molar-refractivity contribution in [1.82, 2.24) is 5.32 Å². The first-order valence-corrected chi connectivity index (χ1v) is 6.10. The van der Waals surface area contributed by atoms with E-state index in [2.05, 4.69) is 10.1 Å². The summed E-state index contributed by atoms with van der Waals surface area (Å²) in [5.74, 6) is 0.196. The number of nitrogens with one attached hydrogen (secondary N) is 1. The molecule has 1 fully saturated rings. The van der Waals surface area contributed by atoms with Crippen LogP contribution in [-0.4, -0.2) is 25.9 Å². The molecule has 5 heteroatoms. The molecule has 0 spiro atoms. The lowest BCUT2D eigenvalue weighted by atomic mass is 10.2. The molecule has 1 aliphatic rings. The number of halogens is 2. The van der Waals surface area contributed by atoms with Gasteiger partial charge in [0.15, 0.2) is 0 Å². The molecule has 1 atom stereocenters. The van der Waals surface area contributed by atoms with Gasteiger partial charge in [-0.15, -0.1) is 0 Å². The Kier molecular flexibility index (Phi) is 4.90. The Morgan fingerprint density at radius 2 is 2.33 bits per heavy atom. The minimum absolute atomic E-state index is 0.196. The molecular weight excluding hydrogens is 240 g/mol. The van der Waals surface area contributed by atoms with Crippen molar-refractivity contribution in [3.63, 3.8) is 0 Å². The van der Waals surface area contributed by atoms with Gasteiger partial charge in [-0.3, -0.25) is 0 Å². The lowest BCUT2D eigenvalue weighted by Gasteiger charge is -2.11. The Labute approximate surface area is 105 Å². The molecule has 2 rings (SSSR count). The zero-order chi connectivity index (χ0) is 12.8. The summed E-state index contributed by atoms with van der Waals surface area (Å²) < 4.78 is 33.9. The number of alkyl halides is 2. The predicted molar refractivity (Wildman–Crippen MR) is 63.8 cm³/mol. The molecule has 0 saturated carbocycles. The van der Waals surface area contributed by atoms with Crippen LogP contribution in [0.15, 0.2) is 24.3 Å². The van der Waals surface area contributed by atoms with Crippen LogP contribution in [0.3, 0.4) is 0 Å². The van der Waals surface area contributed by atoms with E-state index in [1.54, 1.807) is 12.1 Å². The average molecular weight is 257 g/mol. The fraction of sp³-hybridized carbons (Fsp3) is 0.538. The maximum atomic E-state index is 12.1. The molecule has 1 aromatic rings. The Morgan fingerprint density at radius 1 is 1.44 bits per heavy atom. The SMILES string of the molecule is FC(F)Oc1cccc(CNCC2CCCO2)c1. The van der Waals surface area contributed by atoms with Gasteiger partial charge in [0.25, 0.3) is 0 Å². The van der Waals surface area contributed by atoms with Crippen LogP contribution in [0.5, 0.6) is 5.75 Å². The molecule has 18 heavy (non-hydrogen) atoms. The van der Waals surface area contributed by atoms with E-state index in [0.717, 1.165) is 31.6 Å². The Bertz CT molecular complexity index is 368. The van der Waals surface area contributed by atoms with Crippen LogP contribution in [0.25, 0.3) is 0 Å². The number of ether oxygens (including phenoxy) is 2. The Hall–Kier alpha value is -1.20. The highest BCUT2D eigenvalue weighted by atomic mass is 19.3. The molecule has 1 N–H and O–H groups in total. The molecule has 0 bridgehead atoms. The summed E-state index contributed by atoms with van der Waals surface area (Å²) in [6.07, 6.45) is 2.48. The van der Waals surface area contributed by atoms with Crippen molar-refractivity contribution in [1.29, 1.82) is 0 Å². The molecule has 100 valence electrons. The Balaban J connectivity index is 1.77. The van der Waals surface area contributed by atoms with Gasteiger partial charge in [-0.1, -0.05) is 12.1 Å². The van der Waals surface area contributed by atoms with E-state index in [1.165, 1.54) is 6.07 Å². The highest BCUT2D eigenvalue weighted by Gasteiger charge is 2.14. The van der Waals surface area contributed by atoms with Crippen molar-refractivity contribution in [2.45, 2.75) is 32.1 Å². The summed E-state index contributed by atoms with van der Waals surface area (Å²) in [6, 6.07) is 6.73. The Morgan fingerprint density at radius 3 is 3.06 bits per heavy atom. The smallest absolute Gasteiger partial charge is 0.387 e. The summed E-state index contributed by atoms with van der Waals surface area (Å²) >= 11 is 0. The lowest BCUT2D eigenvalue weighted by molar-refractivity contribution is -0.0498. The van der Waals surface area contributed by atoms with Gasteiger partial charge in [-0.25, -0.2) is 0 Å². The van der Waals surface area contributed by atoms with E-state index in [1.807, 2.05) is 6.07 Å². The van der Waals surface area contributed by atoms with E-state index in [4.69, 9.17) is 4.74 Å². The van der Waals surface area contributed by atoms with Crippen LogP contribution in [-0.2, 0) is 11.3 Å². The zero-order valence-electron chi connectivity index (χ0n) is 10.1. The second kappa shape index (κ2) is 6.66. The maximum Gasteiger partial charge on any atom is 0.387 e. The van der Waals surface area contributed by atoms with Gasteiger partial charge in [0.2, 0.25) is 0 Å². The fourth-order valence-corrected chi connectivity index (χ4v) is 2.01. The van der Waals surface area contributed by atoms with Gasteiger partial charge < -0.3 is 14.8 Å². The van der Waals surface area contributed by atoms with Crippen molar-refractivity contribution in [3.05, 3.63) is 29.8 Å². The van der Waals surface area contributed by atoms with Crippen LogP contribution in [0.1, 0.15) is 18.4 Å². The monoisotopic (exact) mass is 257 g/mol. The molecule has 1 heterocycles. The van der Waals surface area contributed by atoms with Crippen molar-refractivity contribution in [2.24, 2.45) is 0 Å². The quantitative estimate of drug-likeness (QED) is 0.849. The second-order valence-corrected chi connectivity index (χ2v) is 4.29. The number of benzene rings is 1. The third-order valence-electron chi connectivity index (χ3n) is 2.85. The fourth-order valence-electron chi connectivity index (χ4n) is 2.01. The minimum Gasteiger partial charge on any atom is -0.435 e. The highest BCUT2D eigenvalue weighted by molar-refractivity contribution is 5.28. The molecule has 1 aliphatic heterocycles. The first-order chi connectivity index (χ1) is 8.74. The molecule has 3 nitrogen and oxygen atoms in total. The standard InChI is InChI=1S/C13H17F2NO2/c14-13(15)18-11-4-1-3-10(7-11)8-16-9-12-5-2-6-17-12/h1,3-4,7,12-13,16H,2,5-6,8-9H2. The second-order valence-electron chi connectivity index (χ2n) is 4.29. The first kappa shape index (κ1) is 13.2. The van der Waals surface area contributed by atoms with E-state index in [-0.39, 0.29) is 11.9 Å². The van der Waals surface area contributed by atoms with E-state index >= 15 is 0 Å². The van der Waals surface area contributed by atoms with Crippen molar-refractivity contribution in [3.8, 4) is 5.75 Å². The highest BCUT2D eigenvalue weighted by Crippen LogP contribution is 2.16. The average Bonchev–Trinajstić information content (AvgIpc) is 2.82.